The first-order chi connectivity index (χ1) is 18.2. The maximum absolute atomic E-state index is 15.5. The number of unbranched alkanes of at least 4 members (excludes halogenated alkanes) is 1. The summed E-state index contributed by atoms with van der Waals surface area (Å²) in [5.41, 5.74) is 4.47. The van der Waals surface area contributed by atoms with E-state index in [0.717, 1.165) is 78.0 Å². The molecule has 38 heavy (non-hydrogen) atoms. The van der Waals surface area contributed by atoms with Gasteiger partial charge in [-0.05, 0) is 43.2 Å². The molecule has 1 aliphatic rings. The van der Waals surface area contributed by atoms with Crippen LogP contribution in [0.4, 0.5) is 8.78 Å². The van der Waals surface area contributed by atoms with Gasteiger partial charge in [-0.15, -0.1) is 0 Å². The molecule has 0 radical (unpaired) electrons. The Kier molecular flexibility index (Phi) is 7.80. The molecule has 0 spiro atoms. The molecular formula is C32H40F2N4. The molecule has 1 aliphatic carbocycles. The normalized spacial score (nSPS) is 14.2. The summed E-state index contributed by atoms with van der Waals surface area (Å²) in [4.78, 5) is 10.1. The molecule has 2 aromatic carbocycles. The first-order valence-electron chi connectivity index (χ1n) is 14.2. The summed E-state index contributed by atoms with van der Waals surface area (Å²) >= 11 is 0. The van der Waals surface area contributed by atoms with Crippen molar-refractivity contribution in [2.75, 3.05) is 6.54 Å². The summed E-state index contributed by atoms with van der Waals surface area (Å²) in [7, 11) is 0. The van der Waals surface area contributed by atoms with E-state index in [-0.39, 0.29) is 12.0 Å². The highest BCUT2D eigenvalue weighted by Gasteiger charge is 2.24. The lowest BCUT2D eigenvalue weighted by atomic mass is 9.89. The molecule has 0 saturated heterocycles. The van der Waals surface area contributed by atoms with Crippen LogP contribution in [-0.2, 0) is 25.9 Å². The Labute approximate surface area is 224 Å². The lowest BCUT2D eigenvalue weighted by Gasteiger charge is -2.18. The Balaban J connectivity index is 1.55. The van der Waals surface area contributed by atoms with E-state index in [0.29, 0.717) is 17.7 Å². The monoisotopic (exact) mass is 518 g/mol. The van der Waals surface area contributed by atoms with Crippen molar-refractivity contribution in [1.29, 1.82) is 0 Å². The maximum Gasteiger partial charge on any atom is 0.164 e. The van der Waals surface area contributed by atoms with E-state index < -0.39 is 11.6 Å². The quantitative estimate of drug-likeness (QED) is 0.207. The molecule has 0 bridgehead atoms. The highest BCUT2D eigenvalue weighted by molar-refractivity contribution is 6.03. The fraction of sp³-hybridized carbons (Fsp3) is 0.500. The van der Waals surface area contributed by atoms with Gasteiger partial charge in [0, 0.05) is 29.5 Å². The number of aromatic nitrogens is 3. The number of hydrogen-bond donors (Lipinski definition) is 1. The molecule has 4 nitrogen and oxygen atoms in total. The zero-order chi connectivity index (χ0) is 26.9. The van der Waals surface area contributed by atoms with E-state index in [2.05, 4.69) is 43.6 Å². The second kappa shape index (κ2) is 11.1. The second-order valence-corrected chi connectivity index (χ2v) is 12.1. The van der Waals surface area contributed by atoms with E-state index in [1.807, 2.05) is 18.2 Å². The minimum absolute atomic E-state index is 0.0352. The summed E-state index contributed by atoms with van der Waals surface area (Å²) in [6, 6.07) is 11.5. The van der Waals surface area contributed by atoms with Crippen LogP contribution >= 0.6 is 0 Å². The molecule has 1 saturated carbocycles. The van der Waals surface area contributed by atoms with Crippen LogP contribution in [0.3, 0.4) is 0 Å². The number of pyridine rings is 1. The number of rotatable bonds is 11. The molecule has 6 heteroatoms. The van der Waals surface area contributed by atoms with Crippen LogP contribution in [0.15, 0.2) is 36.4 Å². The van der Waals surface area contributed by atoms with Crippen molar-refractivity contribution in [1.82, 2.24) is 19.9 Å². The van der Waals surface area contributed by atoms with Crippen molar-refractivity contribution >= 4 is 21.9 Å². The van der Waals surface area contributed by atoms with Gasteiger partial charge in [-0.1, -0.05) is 77.3 Å². The van der Waals surface area contributed by atoms with Gasteiger partial charge in [0.1, 0.15) is 11.3 Å². The third-order valence-corrected chi connectivity index (χ3v) is 7.50. The van der Waals surface area contributed by atoms with Gasteiger partial charge in [-0.25, -0.2) is 13.8 Å². The van der Waals surface area contributed by atoms with Crippen LogP contribution in [0.25, 0.3) is 21.9 Å². The van der Waals surface area contributed by atoms with Crippen molar-refractivity contribution in [2.45, 2.75) is 85.7 Å². The van der Waals surface area contributed by atoms with Crippen molar-refractivity contribution in [2.24, 2.45) is 11.3 Å². The van der Waals surface area contributed by atoms with E-state index >= 15 is 8.78 Å². The number of halogens is 2. The largest absolute Gasteiger partial charge is 0.323 e. The summed E-state index contributed by atoms with van der Waals surface area (Å²) in [6.07, 6.45) is 7.27. The highest BCUT2D eigenvalue weighted by atomic mass is 19.2. The van der Waals surface area contributed by atoms with Crippen LogP contribution in [0.2, 0.25) is 0 Å². The topological polar surface area (TPSA) is 42.7 Å². The van der Waals surface area contributed by atoms with Gasteiger partial charge in [0.25, 0.3) is 0 Å². The predicted molar refractivity (Wildman–Crippen MR) is 151 cm³/mol. The standard InChI is InChI=1S/C32H40F2N4/c1-5-6-11-27-37-30-26(18-32(2,3)4)36-25-10-8-7-9-24(25)31(30)38(27)20-23-15-14-22(28(33)29(23)34)19-35-17-16-21-12-13-21/h7-10,14-15,21,35H,5-6,11-13,16-20H2,1-4H3. The third-order valence-electron chi connectivity index (χ3n) is 7.50. The van der Waals surface area contributed by atoms with Gasteiger partial charge < -0.3 is 9.88 Å². The Hall–Kier alpha value is -2.86. The number of benzene rings is 2. The average molecular weight is 519 g/mol. The smallest absolute Gasteiger partial charge is 0.164 e. The lowest BCUT2D eigenvalue weighted by Crippen LogP contribution is -2.17. The molecule has 1 fully saturated rings. The number of fused-ring (bicyclic) bond motifs is 3. The van der Waals surface area contributed by atoms with Gasteiger partial charge >= 0.3 is 0 Å². The fourth-order valence-corrected chi connectivity index (χ4v) is 5.26. The zero-order valence-corrected chi connectivity index (χ0v) is 23.2. The molecule has 0 aliphatic heterocycles. The van der Waals surface area contributed by atoms with Gasteiger partial charge in [-0.2, -0.15) is 0 Å². The predicted octanol–water partition coefficient (Wildman–Crippen LogP) is 7.73. The zero-order valence-electron chi connectivity index (χ0n) is 23.2. The molecule has 2 heterocycles. The summed E-state index contributed by atoms with van der Waals surface area (Å²) < 4.78 is 32.7. The number of nitrogens with zero attached hydrogens (tertiary/aromatic N) is 3. The molecule has 0 amide bonds. The lowest BCUT2D eigenvalue weighted by molar-refractivity contribution is 0.408. The molecule has 5 rings (SSSR count). The third kappa shape index (κ3) is 5.90. The number of para-hydroxylation sites is 1. The molecule has 4 aromatic rings. The average Bonchev–Trinajstić information content (AvgIpc) is 3.63. The maximum atomic E-state index is 15.5. The van der Waals surface area contributed by atoms with Gasteiger partial charge in [0.05, 0.1) is 23.3 Å². The summed E-state index contributed by atoms with van der Waals surface area (Å²) in [5, 5.41) is 4.27. The van der Waals surface area contributed by atoms with Crippen LogP contribution in [0, 0.1) is 23.0 Å². The van der Waals surface area contributed by atoms with Crippen LogP contribution in [-0.4, -0.2) is 21.1 Å². The van der Waals surface area contributed by atoms with Gasteiger partial charge in [-0.3, -0.25) is 4.98 Å². The van der Waals surface area contributed by atoms with Crippen molar-refractivity contribution in [3.8, 4) is 0 Å². The minimum Gasteiger partial charge on any atom is -0.323 e. The van der Waals surface area contributed by atoms with Crippen LogP contribution in [0.5, 0.6) is 0 Å². The number of hydrogen-bond acceptors (Lipinski definition) is 3. The molecule has 202 valence electrons. The summed E-state index contributed by atoms with van der Waals surface area (Å²) in [6.45, 7) is 10.2. The first kappa shape index (κ1) is 26.7. The number of aryl methyl sites for hydroxylation is 1. The molecule has 0 atom stereocenters. The first-order valence-corrected chi connectivity index (χ1v) is 14.2. The number of imidazole rings is 1. The fourth-order valence-electron chi connectivity index (χ4n) is 5.26. The second-order valence-electron chi connectivity index (χ2n) is 12.1. The van der Waals surface area contributed by atoms with E-state index in [9.17, 15) is 0 Å². The molecular weight excluding hydrogens is 478 g/mol. The number of nitrogens with one attached hydrogen (secondary N) is 1. The minimum atomic E-state index is -0.761. The SMILES string of the molecule is CCCCc1nc2c(CC(C)(C)C)nc3ccccc3c2n1Cc1ccc(CNCCC2CC2)c(F)c1F. The van der Waals surface area contributed by atoms with Crippen LogP contribution < -0.4 is 5.32 Å². The molecule has 2 aromatic heterocycles. The Morgan fingerprint density at radius 2 is 1.74 bits per heavy atom. The van der Waals surface area contributed by atoms with E-state index in [1.165, 1.54) is 12.8 Å². The summed E-state index contributed by atoms with van der Waals surface area (Å²) in [5.74, 6) is 0.207. The Bertz CT molecular complexity index is 1430. The van der Waals surface area contributed by atoms with Crippen molar-refractivity contribution in [3.63, 3.8) is 0 Å². The van der Waals surface area contributed by atoms with E-state index in [1.54, 1.807) is 12.1 Å². The Morgan fingerprint density at radius 1 is 1.00 bits per heavy atom. The molecule has 1 N–H and O–H groups in total. The van der Waals surface area contributed by atoms with Gasteiger partial charge in [0.2, 0.25) is 0 Å². The van der Waals surface area contributed by atoms with E-state index in [4.69, 9.17) is 9.97 Å². The van der Waals surface area contributed by atoms with Crippen LogP contribution in [0.1, 0.15) is 82.4 Å². The van der Waals surface area contributed by atoms with Gasteiger partial charge in [0.15, 0.2) is 11.6 Å². The molecule has 0 unspecified atom stereocenters. The van der Waals surface area contributed by atoms with Crippen molar-refractivity contribution < 1.29 is 8.78 Å². The Morgan fingerprint density at radius 3 is 2.47 bits per heavy atom. The van der Waals surface area contributed by atoms with Crippen molar-refractivity contribution in [3.05, 3.63) is 70.7 Å². The highest BCUT2D eigenvalue weighted by Crippen LogP contribution is 2.33.